The van der Waals surface area contributed by atoms with Crippen molar-refractivity contribution in [1.29, 1.82) is 5.26 Å². The molecule has 0 bridgehead atoms. The molecule has 0 aromatic heterocycles. The van der Waals surface area contributed by atoms with E-state index < -0.39 is 11.9 Å². The van der Waals surface area contributed by atoms with Crippen molar-refractivity contribution in [2.75, 3.05) is 17.7 Å². The zero-order valence-electron chi connectivity index (χ0n) is 7.87. The standard InChI is InChI=1S/C10H10ClFN2O/c11-4-8(15)6-14-10-7(5-13)2-1-3-9(10)12/h1-3,8,14-15H,4,6H2. The fourth-order valence-electron chi connectivity index (χ4n) is 1.07. The first-order valence-corrected chi connectivity index (χ1v) is 4.89. The summed E-state index contributed by atoms with van der Waals surface area (Å²) < 4.78 is 13.3. The average molecular weight is 229 g/mol. The lowest BCUT2D eigenvalue weighted by Crippen LogP contribution is -2.21. The van der Waals surface area contributed by atoms with E-state index in [4.69, 9.17) is 16.9 Å². The quantitative estimate of drug-likeness (QED) is 0.772. The Hall–Kier alpha value is -1.31. The van der Waals surface area contributed by atoms with Gasteiger partial charge < -0.3 is 10.4 Å². The fourth-order valence-corrected chi connectivity index (χ4v) is 1.18. The van der Waals surface area contributed by atoms with E-state index in [9.17, 15) is 9.50 Å². The molecule has 3 nitrogen and oxygen atoms in total. The summed E-state index contributed by atoms with van der Waals surface area (Å²) in [7, 11) is 0. The first-order valence-electron chi connectivity index (χ1n) is 4.35. The van der Waals surface area contributed by atoms with Crippen molar-refractivity contribution in [3.05, 3.63) is 29.6 Å². The Morgan fingerprint density at radius 1 is 1.60 bits per heavy atom. The van der Waals surface area contributed by atoms with Crippen LogP contribution in [0.2, 0.25) is 0 Å². The summed E-state index contributed by atoms with van der Waals surface area (Å²) >= 11 is 5.38. The third kappa shape index (κ3) is 3.08. The van der Waals surface area contributed by atoms with Crippen LogP contribution in [0.25, 0.3) is 0 Å². The zero-order chi connectivity index (χ0) is 11.3. The number of para-hydroxylation sites is 1. The van der Waals surface area contributed by atoms with E-state index in [1.54, 1.807) is 0 Å². The van der Waals surface area contributed by atoms with Crippen molar-refractivity contribution in [2.45, 2.75) is 6.10 Å². The Morgan fingerprint density at radius 3 is 2.93 bits per heavy atom. The molecule has 1 rings (SSSR count). The lowest BCUT2D eigenvalue weighted by Gasteiger charge is -2.11. The van der Waals surface area contributed by atoms with Crippen LogP contribution in [0.1, 0.15) is 5.56 Å². The minimum Gasteiger partial charge on any atom is -0.390 e. The maximum absolute atomic E-state index is 13.3. The molecule has 80 valence electrons. The van der Waals surface area contributed by atoms with Crippen LogP contribution in [0.3, 0.4) is 0 Å². The van der Waals surface area contributed by atoms with Gasteiger partial charge in [-0.25, -0.2) is 4.39 Å². The molecule has 1 aromatic carbocycles. The zero-order valence-corrected chi connectivity index (χ0v) is 8.63. The van der Waals surface area contributed by atoms with Gasteiger partial charge in [-0.15, -0.1) is 11.6 Å². The predicted molar refractivity (Wildman–Crippen MR) is 56.3 cm³/mol. The van der Waals surface area contributed by atoms with Crippen LogP contribution >= 0.6 is 11.6 Å². The normalized spacial score (nSPS) is 11.9. The Labute approximate surface area is 92.1 Å². The lowest BCUT2D eigenvalue weighted by molar-refractivity contribution is 0.211. The van der Waals surface area contributed by atoms with E-state index in [0.29, 0.717) is 0 Å². The molecule has 2 N–H and O–H groups in total. The lowest BCUT2D eigenvalue weighted by atomic mass is 10.2. The van der Waals surface area contributed by atoms with E-state index >= 15 is 0 Å². The van der Waals surface area contributed by atoms with Crippen molar-refractivity contribution < 1.29 is 9.50 Å². The Kier molecular flexibility index (Phi) is 4.35. The highest BCUT2D eigenvalue weighted by atomic mass is 35.5. The number of aliphatic hydroxyl groups is 1. The molecular formula is C10H10ClFN2O. The van der Waals surface area contributed by atoms with Gasteiger partial charge in [0, 0.05) is 6.54 Å². The van der Waals surface area contributed by atoms with Gasteiger partial charge in [0.15, 0.2) is 0 Å². The van der Waals surface area contributed by atoms with Crippen molar-refractivity contribution >= 4 is 17.3 Å². The second-order valence-corrected chi connectivity index (χ2v) is 3.27. The fraction of sp³-hybridized carbons (Fsp3) is 0.300. The Balaban J connectivity index is 2.80. The average Bonchev–Trinajstić information content (AvgIpc) is 2.26. The highest BCUT2D eigenvalue weighted by molar-refractivity contribution is 6.18. The van der Waals surface area contributed by atoms with E-state index in [1.807, 2.05) is 6.07 Å². The molecule has 0 aliphatic rings. The van der Waals surface area contributed by atoms with Gasteiger partial charge in [0.2, 0.25) is 0 Å². The van der Waals surface area contributed by atoms with Crippen LogP contribution < -0.4 is 5.32 Å². The van der Waals surface area contributed by atoms with Crippen LogP contribution in [0, 0.1) is 17.1 Å². The summed E-state index contributed by atoms with van der Waals surface area (Å²) in [5.41, 5.74) is 0.306. The molecule has 0 radical (unpaired) electrons. The summed E-state index contributed by atoms with van der Waals surface area (Å²) in [6.45, 7) is 0.110. The Bertz CT molecular complexity index is 378. The van der Waals surface area contributed by atoms with Gasteiger partial charge in [-0.1, -0.05) is 6.07 Å². The van der Waals surface area contributed by atoms with Gasteiger partial charge in [-0.05, 0) is 12.1 Å². The van der Waals surface area contributed by atoms with Crippen molar-refractivity contribution in [2.24, 2.45) is 0 Å². The van der Waals surface area contributed by atoms with E-state index in [1.165, 1.54) is 18.2 Å². The number of benzene rings is 1. The maximum Gasteiger partial charge on any atom is 0.147 e. The predicted octanol–water partition coefficient (Wildman–Crippen LogP) is 1.71. The minimum atomic E-state index is -0.766. The molecule has 0 spiro atoms. The molecular weight excluding hydrogens is 219 g/mol. The van der Waals surface area contributed by atoms with Gasteiger partial charge in [-0.2, -0.15) is 5.26 Å². The first kappa shape index (κ1) is 11.8. The summed E-state index contributed by atoms with van der Waals surface area (Å²) in [5.74, 6) is -0.459. The molecule has 0 saturated heterocycles. The highest BCUT2D eigenvalue weighted by Crippen LogP contribution is 2.18. The molecule has 1 aromatic rings. The second-order valence-electron chi connectivity index (χ2n) is 2.96. The largest absolute Gasteiger partial charge is 0.390 e. The third-order valence-corrected chi connectivity index (χ3v) is 2.18. The molecule has 5 heteroatoms. The number of halogens is 2. The molecule has 0 aliphatic carbocycles. The van der Waals surface area contributed by atoms with Crippen molar-refractivity contribution in [1.82, 2.24) is 0 Å². The number of aliphatic hydroxyl groups excluding tert-OH is 1. The van der Waals surface area contributed by atoms with Gasteiger partial charge in [0.1, 0.15) is 11.9 Å². The molecule has 1 atom stereocenters. The number of anilines is 1. The monoisotopic (exact) mass is 228 g/mol. The molecule has 0 aliphatic heterocycles. The summed E-state index contributed by atoms with van der Waals surface area (Å²) in [5, 5.41) is 20.5. The number of rotatable bonds is 4. The van der Waals surface area contributed by atoms with E-state index in [2.05, 4.69) is 5.32 Å². The molecule has 0 heterocycles. The smallest absolute Gasteiger partial charge is 0.147 e. The SMILES string of the molecule is N#Cc1cccc(F)c1NCC(O)CCl. The van der Waals surface area contributed by atoms with Crippen LogP contribution in [0.4, 0.5) is 10.1 Å². The molecule has 0 amide bonds. The first-order chi connectivity index (χ1) is 7.19. The topological polar surface area (TPSA) is 56.0 Å². The number of hydrogen-bond donors (Lipinski definition) is 2. The molecule has 1 unspecified atom stereocenters. The highest BCUT2D eigenvalue weighted by Gasteiger charge is 2.09. The molecule has 0 fully saturated rings. The summed E-state index contributed by atoms with van der Waals surface area (Å²) in [6, 6.07) is 6.06. The summed E-state index contributed by atoms with van der Waals surface area (Å²) in [4.78, 5) is 0. The van der Waals surface area contributed by atoms with Crippen LogP contribution in [0.15, 0.2) is 18.2 Å². The summed E-state index contributed by atoms with van der Waals surface area (Å²) in [6.07, 6.45) is -0.766. The minimum absolute atomic E-state index is 0.0589. The van der Waals surface area contributed by atoms with Crippen molar-refractivity contribution in [3.8, 4) is 6.07 Å². The number of nitrogens with zero attached hydrogens (tertiary/aromatic N) is 1. The van der Waals surface area contributed by atoms with Crippen LogP contribution in [-0.4, -0.2) is 23.6 Å². The van der Waals surface area contributed by atoms with Gasteiger partial charge >= 0.3 is 0 Å². The number of alkyl halides is 1. The number of hydrogen-bond acceptors (Lipinski definition) is 3. The molecule has 15 heavy (non-hydrogen) atoms. The second kappa shape index (κ2) is 5.54. The number of nitriles is 1. The maximum atomic E-state index is 13.3. The van der Waals surface area contributed by atoms with Crippen LogP contribution in [0.5, 0.6) is 0 Å². The third-order valence-electron chi connectivity index (χ3n) is 1.83. The van der Waals surface area contributed by atoms with Gasteiger partial charge in [0.25, 0.3) is 0 Å². The van der Waals surface area contributed by atoms with Gasteiger partial charge in [0.05, 0.1) is 23.2 Å². The number of nitrogens with one attached hydrogen (secondary N) is 1. The van der Waals surface area contributed by atoms with Crippen LogP contribution in [-0.2, 0) is 0 Å². The van der Waals surface area contributed by atoms with Gasteiger partial charge in [-0.3, -0.25) is 0 Å². The van der Waals surface area contributed by atoms with E-state index in [0.717, 1.165) is 0 Å². The molecule has 0 saturated carbocycles. The van der Waals surface area contributed by atoms with E-state index in [-0.39, 0.29) is 23.7 Å². The van der Waals surface area contributed by atoms with Crippen molar-refractivity contribution in [3.63, 3.8) is 0 Å². The Morgan fingerprint density at radius 2 is 2.33 bits per heavy atom.